The van der Waals surface area contributed by atoms with Crippen LogP contribution in [0.5, 0.6) is 0 Å². The molecule has 0 aliphatic heterocycles. The molecule has 0 aliphatic carbocycles. The van der Waals surface area contributed by atoms with Crippen molar-refractivity contribution in [2.24, 2.45) is 5.92 Å². The normalized spacial score (nSPS) is 12.7. The molecule has 5 nitrogen and oxygen atoms in total. The topological polar surface area (TPSA) is 75.0 Å². The number of carbonyl (C=O) groups is 1. The molecule has 0 aromatic carbocycles. The first-order valence-corrected chi connectivity index (χ1v) is 7.08. The Labute approximate surface area is 130 Å². The molecule has 6 heteroatoms. The van der Waals surface area contributed by atoms with Crippen molar-refractivity contribution in [3.05, 3.63) is 22.8 Å². The molecule has 0 saturated carbocycles. The van der Waals surface area contributed by atoms with Crippen LogP contribution in [0.15, 0.2) is 12.1 Å². The minimum atomic E-state index is -0.558. The average molecular weight is 310 g/mol. The number of rotatable bonds is 4. The summed E-state index contributed by atoms with van der Waals surface area (Å²) >= 11 is 5.84. The average Bonchev–Trinajstić information content (AvgIpc) is 2.34. The van der Waals surface area contributed by atoms with Crippen LogP contribution in [-0.2, 0) is 9.53 Å². The number of esters is 1. The maximum absolute atomic E-state index is 12.2. The van der Waals surface area contributed by atoms with Crippen LogP contribution in [0.1, 0.15) is 40.3 Å². The van der Waals surface area contributed by atoms with Gasteiger partial charge in [0.05, 0.1) is 5.02 Å². The Kier molecular flexibility index (Phi) is 5.56. The highest BCUT2D eigenvalue weighted by Gasteiger charge is 2.28. The van der Waals surface area contributed by atoms with Gasteiger partial charge in [0.25, 0.3) is 0 Å². The van der Waals surface area contributed by atoms with E-state index in [0.717, 1.165) is 0 Å². The fourth-order valence-corrected chi connectivity index (χ4v) is 1.77. The van der Waals surface area contributed by atoms with Crippen LogP contribution in [0.4, 0.5) is 5.82 Å². The van der Waals surface area contributed by atoms with Crippen LogP contribution in [0, 0.1) is 17.2 Å². The van der Waals surface area contributed by atoms with Gasteiger partial charge in [0.1, 0.15) is 23.5 Å². The summed E-state index contributed by atoms with van der Waals surface area (Å²) in [5.41, 5.74) is -0.440. The fraction of sp³-hybridized carbons (Fsp3) is 0.533. The third kappa shape index (κ3) is 5.24. The lowest BCUT2D eigenvalue weighted by Gasteiger charge is -2.26. The molecule has 0 bridgehead atoms. The maximum Gasteiger partial charge on any atom is 0.329 e. The molecule has 21 heavy (non-hydrogen) atoms. The quantitative estimate of drug-likeness (QED) is 0.863. The van der Waals surface area contributed by atoms with E-state index in [1.54, 1.807) is 12.1 Å². The van der Waals surface area contributed by atoms with Crippen molar-refractivity contribution in [1.29, 1.82) is 5.26 Å². The van der Waals surface area contributed by atoms with Crippen LogP contribution in [0.3, 0.4) is 0 Å². The van der Waals surface area contributed by atoms with Crippen LogP contribution in [0.2, 0.25) is 5.02 Å². The molecule has 1 N–H and O–H groups in total. The Balaban J connectivity index is 2.94. The Morgan fingerprint density at radius 3 is 2.52 bits per heavy atom. The molecule has 1 aromatic heterocycles. The van der Waals surface area contributed by atoms with E-state index < -0.39 is 11.6 Å². The molecule has 1 atom stereocenters. The highest BCUT2D eigenvalue weighted by molar-refractivity contribution is 6.31. The predicted octanol–water partition coefficient (Wildman–Crippen LogP) is 3.38. The number of nitrogens with one attached hydrogen (secondary N) is 1. The van der Waals surface area contributed by atoms with E-state index in [1.807, 2.05) is 40.7 Å². The first-order chi connectivity index (χ1) is 9.64. The van der Waals surface area contributed by atoms with Crippen molar-refractivity contribution < 1.29 is 9.53 Å². The van der Waals surface area contributed by atoms with Crippen molar-refractivity contribution in [2.75, 3.05) is 5.32 Å². The van der Waals surface area contributed by atoms with Crippen LogP contribution in [0.25, 0.3) is 0 Å². The number of ether oxygens (including phenoxy) is 1. The number of nitrogens with zero attached hydrogens (tertiary/aromatic N) is 2. The van der Waals surface area contributed by atoms with Gasteiger partial charge in [-0.2, -0.15) is 5.26 Å². The second-order valence-electron chi connectivity index (χ2n) is 6.04. The smallest absolute Gasteiger partial charge is 0.329 e. The molecule has 1 aromatic rings. The number of anilines is 1. The molecule has 0 spiro atoms. The first-order valence-electron chi connectivity index (χ1n) is 6.70. The van der Waals surface area contributed by atoms with Gasteiger partial charge < -0.3 is 10.1 Å². The maximum atomic E-state index is 12.2. The number of nitriles is 1. The number of hydrogen-bond donors (Lipinski definition) is 1. The van der Waals surface area contributed by atoms with E-state index in [9.17, 15) is 4.79 Å². The summed E-state index contributed by atoms with van der Waals surface area (Å²) in [6, 6.07) is 4.55. The lowest BCUT2D eigenvalue weighted by atomic mass is 10.0. The van der Waals surface area contributed by atoms with E-state index in [-0.39, 0.29) is 22.6 Å². The molecule has 0 unspecified atom stereocenters. The zero-order valence-electron chi connectivity index (χ0n) is 12.9. The lowest BCUT2D eigenvalue weighted by molar-refractivity contribution is -0.156. The third-order valence-corrected chi connectivity index (χ3v) is 2.89. The molecule has 1 heterocycles. The summed E-state index contributed by atoms with van der Waals surface area (Å²) in [5, 5.41) is 12.2. The number of carbonyl (C=O) groups excluding carboxylic acids is 1. The molecule has 0 aliphatic rings. The Morgan fingerprint density at radius 2 is 2.05 bits per heavy atom. The van der Waals surface area contributed by atoms with Crippen molar-refractivity contribution in [2.45, 2.75) is 46.3 Å². The van der Waals surface area contributed by atoms with Gasteiger partial charge in [-0.3, -0.25) is 0 Å². The molecular formula is C15H20ClN3O2. The van der Waals surface area contributed by atoms with Gasteiger partial charge in [0, 0.05) is 0 Å². The molecule has 0 amide bonds. The van der Waals surface area contributed by atoms with E-state index in [4.69, 9.17) is 21.6 Å². The van der Waals surface area contributed by atoms with Crippen molar-refractivity contribution in [1.82, 2.24) is 4.98 Å². The summed E-state index contributed by atoms with van der Waals surface area (Å²) < 4.78 is 5.39. The molecule has 1 rings (SSSR count). The largest absolute Gasteiger partial charge is 0.458 e. The second kappa shape index (κ2) is 6.77. The Bertz CT molecular complexity index is 559. The monoisotopic (exact) mass is 309 g/mol. The predicted molar refractivity (Wildman–Crippen MR) is 82.1 cm³/mol. The Morgan fingerprint density at radius 1 is 1.43 bits per heavy atom. The number of halogens is 1. The summed E-state index contributed by atoms with van der Waals surface area (Å²) in [6.45, 7) is 9.26. The summed E-state index contributed by atoms with van der Waals surface area (Å²) in [6.07, 6.45) is 0. The van der Waals surface area contributed by atoms with E-state index in [2.05, 4.69) is 10.3 Å². The van der Waals surface area contributed by atoms with Crippen molar-refractivity contribution >= 4 is 23.4 Å². The zero-order valence-corrected chi connectivity index (χ0v) is 13.7. The zero-order chi connectivity index (χ0) is 16.2. The standard InChI is InChI=1S/C15H20ClN3O2/c1-9(2)13(14(20)21-15(3,4)5)19-12-7-6-10(16)11(8-17)18-12/h6-7,9,13H,1-5H3,(H,18,19)/t13-/m1/s1. The van der Waals surface area contributed by atoms with Gasteiger partial charge in [0.2, 0.25) is 0 Å². The number of pyridine rings is 1. The summed E-state index contributed by atoms with van der Waals surface area (Å²) in [5.74, 6) is 0.0659. The van der Waals surface area contributed by atoms with Crippen molar-refractivity contribution in [3.8, 4) is 6.07 Å². The van der Waals surface area contributed by atoms with Gasteiger partial charge >= 0.3 is 5.97 Å². The second-order valence-corrected chi connectivity index (χ2v) is 6.45. The highest BCUT2D eigenvalue weighted by atomic mass is 35.5. The van der Waals surface area contributed by atoms with Crippen LogP contribution in [-0.4, -0.2) is 22.6 Å². The molecule has 114 valence electrons. The van der Waals surface area contributed by atoms with Gasteiger partial charge in [0.15, 0.2) is 5.69 Å². The molecule has 0 radical (unpaired) electrons. The summed E-state index contributed by atoms with van der Waals surface area (Å²) in [7, 11) is 0. The minimum absolute atomic E-state index is 0.00265. The minimum Gasteiger partial charge on any atom is -0.458 e. The first kappa shape index (κ1) is 17.3. The summed E-state index contributed by atoms with van der Waals surface area (Å²) in [4.78, 5) is 16.3. The fourth-order valence-electron chi connectivity index (χ4n) is 1.62. The van der Waals surface area contributed by atoms with Gasteiger partial charge in [-0.15, -0.1) is 0 Å². The van der Waals surface area contributed by atoms with Gasteiger partial charge in [-0.1, -0.05) is 25.4 Å². The van der Waals surface area contributed by atoms with Gasteiger partial charge in [-0.05, 0) is 38.8 Å². The molecule has 0 fully saturated rings. The molecular weight excluding hydrogens is 290 g/mol. The number of hydrogen-bond acceptors (Lipinski definition) is 5. The van der Waals surface area contributed by atoms with Crippen molar-refractivity contribution in [3.63, 3.8) is 0 Å². The van der Waals surface area contributed by atoms with Crippen LogP contribution >= 0.6 is 11.6 Å². The molecule has 0 saturated heterocycles. The lowest BCUT2D eigenvalue weighted by Crippen LogP contribution is -2.40. The van der Waals surface area contributed by atoms with E-state index in [1.165, 1.54) is 0 Å². The third-order valence-electron chi connectivity index (χ3n) is 2.58. The number of aromatic nitrogens is 1. The Hall–Kier alpha value is -1.80. The van der Waals surface area contributed by atoms with E-state index in [0.29, 0.717) is 5.82 Å². The van der Waals surface area contributed by atoms with Gasteiger partial charge in [-0.25, -0.2) is 9.78 Å². The highest BCUT2D eigenvalue weighted by Crippen LogP contribution is 2.19. The van der Waals surface area contributed by atoms with Crippen LogP contribution < -0.4 is 5.32 Å². The van der Waals surface area contributed by atoms with E-state index >= 15 is 0 Å². The SMILES string of the molecule is CC(C)[C@@H](Nc1ccc(Cl)c(C#N)n1)C(=O)OC(C)(C)C.